The Labute approximate surface area is 90.9 Å². The predicted molar refractivity (Wildman–Crippen MR) is 32.7 cm³/mol. The van der Waals surface area contributed by atoms with Crippen LogP contribution in [0.2, 0.25) is 0 Å². The molecular formula is C6H6N3NaO2. The summed E-state index contributed by atoms with van der Waals surface area (Å²) in [6.45, 7) is 0. The maximum atomic E-state index is 10.2. The number of carbonyl (C=O) groups excluding carboxylic acids is 1. The van der Waals surface area contributed by atoms with Gasteiger partial charge in [-0.05, 0) is 12.8 Å². The molecule has 1 fully saturated rings. The van der Waals surface area contributed by atoms with Crippen LogP contribution in [0.4, 0.5) is 0 Å². The van der Waals surface area contributed by atoms with Crippen molar-refractivity contribution < 1.29 is 39.5 Å². The Morgan fingerprint density at radius 1 is 1.58 bits per heavy atom. The number of hydrogen-bond acceptors (Lipinski definition) is 4. The molecule has 1 aromatic heterocycles. The van der Waals surface area contributed by atoms with E-state index >= 15 is 0 Å². The second-order valence-corrected chi connectivity index (χ2v) is 2.61. The number of carboxylic acid groups (broad SMARTS) is 1. The average Bonchev–Trinajstić information content (AvgIpc) is 2.68. The number of nitrogens with one attached hydrogen (secondary N) is 1. The molecular weight excluding hydrogens is 169 g/mol. The smallest absolute Gasteiger partial charge is 0.541 e. The zero-order chi connectivity index (χ0) is 7.84. The van der Waals surface area contributed by atoms with Crippen LogP contribution >= 0.6 is 0 Å². The molecule has 0 unspecified atom stereocenters. The summed E-state index contributed by atoms with van der Waals surface area (Å²) in [6, 6.07) is 0. The van der Waals surface area contributed by atoms with Gasteiger partial charge in [-0.2, -0.15) is 5.10 Å². The van der Waals surface area contributed by atoms with Crippen molar-refractivity contribution in [2.45, 2.75) is 18.8 Å². The monoisotopic (exact) mass is 175 g/mol. The van der Waals surface area contributed by atoms with Gasteiger partial charge >= 0.3 is 29.6 Å². The Balaban J connectivity index is 0.000000720. The van der Waals surface area contributed by atoms with Crippen LogP contribution in [-0.4, -0.2) is 21.2 Å². The maximum absolute atomic E-state index is 10.2. The van der Waals surface area contributed by atoms with Gasteiger partial charge in [-0.25, -0.2) is 4.98 Å². The summed E-state index contributed by atoms with van der Waals surface area (Å²) < 4.78 is 0. The summed E-state index contributed by atoms with van der Waals surface area (Å²) in [5.41, 5.74) is 0. The van der Waals surface area contributed by atoms with E-state index in [1.165, 1.54) is 0 Å². The van der Waals surface area contributed by atoms with Gasteiger partial charge in [0.05, 0.1) is 0 Å². The number of nitrogens with zero attached hydrogens (tertiary/aromatic N) is 2. The quantitative estimate of drug-likeness (QED) is 0.465. The van der Waals surface area contributed by atoms with Crippen LogP contribution in [0.15, 0.2) is 0 Å². The SMILES string of the molecule is O=C([O-])c1n[nH]c(C2CC2)n1.[Na+]. The molecule has 1 aliphatic rings. The van der Waals surface area contributed by atoms with Gasteiger partial charge in [-0.1, -0.05) is 0 Å². The van der Waals surface area contributed by atoms with E-state index in [1.807, 2.05) is 0 Å². The number of hydrogen-bond donors (Lipinski definition) is 1. The normalized spacial score (nSPS) is 15.3. The van der Waals surface area contributed by atoms with E-state index in [1.54, 1.807) is 0 Å². The molecule has 0 aliphatic heterocycles. The molecule has 0 spiro atoms. The Morgan fingerprint density at radius 2 is 2.25 bits per heavy atom. The fourth-order valence-electron chi connectivity index (χ4n) is 0.905. The van der Waals surface area contributed by atoms with Crippen LogP contribution in [0.1, 0.15) is 35.2 Å². The topological polar surface area (TPSA) is 81.7 Å². The number of aromatic carboxylic acids is 1. The minimum atomic E-state index is -1.33. The summed E-state index contributed by atoms with van der Waals surface area (Å²) >= 11 is 0. The van der Waals surface area contributed by atoms with Gasteiger partial charge in [0.25, 0.3) is 0 Å². The zero-order valence-corrected chi connectivity index (χ0v) is 8.70. The first-order valence-corrected chi connectivity index (χ1v) is 3.41. The first-order chi connectivity index (χ1) is 5.27. The zero-order valence-electron chi connectivity index (χ0n) is 6.70. The van der Waals surface area contributed by atoms with Crippen LogP contribution in [0.3, 0.4) is 0 Å². The number of aromatic nitrogens is 3. The van der Waals surface area contributed by atoms with Crippen molar-refractivity contribution in [1.82, 2.24) is 15.2 Å². The Kier molecular flexibility index (Phi) is 2.87. The number of H-pyrrole nitrogens is 1. The Morgan fingerprint density at radius 3 is 2.67 bits per heavy atom. The number of aromatic amines is 1. The number of carboxylic acids is 1. The molecule has 1 heterocycles. The van der Waals surface area contributed by atoms with E-state index in [9.17, 15) is 9.90 Å². The number of carbonyl (C=O) groups is 1. The molecule has 0 radical (unpaired) electrons. The molecule has 6 heteroatoms. The summed E-state index contributed by atoms with van der Waals surface area (Å²) in [7, 11) is 0. The summed E-state index contributed by atoms with van der Waals surface area (Å²) in [6.07, 6.45) is 2.14. The minimum absolute atomic E-state index is 0. The molecule has 0 amide bonds. The van der Waals surface area contributed by atoms with Crippen molar-refractivity contribution in [2.24, 2.45) is 0 Å². The molecule has 1 N–H and O–H groups in total. The maximum Gasteiger partial charge on any atom is 1.00 e. The van der Waals surface area contributed by atoms with Crippen LogP contribution in [0.25, 0.3) is 0 Å². The predicted octanol–water partition coefficient (Wildman–Crippen LogP) is -3.95. The molecule has 0 bridgehead atoms. The van der Waals surface area contributed by atoms with Gasteiger partial charge in [-0.3, -0.25) is 5.10 Å². The van der Waals surface area contributed by atoms with Gasteiger partial charge in [0.15, 0.2) is 5.82 Å². The third kappa shape index (κ3) is 1.85. The second kappa shape index (κ2) is 3.55. The third-order valence-corrected chi connectivity index (χ3v) is 1.65. The molecule has 0 aromatic carbocycles. The summed E-state index contributed by atoms with van der Waals surface area (Å²) in [5.74, 6) is -0.500. The largest absolute Gasteiger partial charge is 1.00 e. The molecule has 1 aliphatic carbocycles. The van der Waals surface area contributed by atoms with Gasteiger partial charge in [0.1, 0.15) is 11.8 Å². The standard InChI is InChI=1S/C6H7N3O2.Na/c10-6(11)5-7-4(8-9-5)3-1-2-3;/h3H,1-2H2,(H,10,11)(H,7,8,9);/q;+1/p-1. The van der Waals surface area contributed by atoms with E-state index in [2.05, 4.69) is 15.2 Å². The van der Waals surface area contributed by atoms with E-state index in [-0.39, 0.29) is 35.4 Å². The van der Waals surface area contributed by atoms with Crippen molar-refractivity contribution >= 4 is 5.97 Å². The van der Waals surface area contributed by atoms with Crippen molar-refractivity contribution in [2.75, 3.05) is 0 Å². The van der Waals surface area contributed by atoms with E-state index in [0.717, 1.165) is 12.8 Å². The molecule has 5 nitrogen and oxygen atoms in total. The van der Waals surface area contributed by atoms with Crippen molar-refractivity contribution in [1.29, 1.82) is 0 Å². The summed E-state index contributed by atoms with van der Waals surface area (Å²) in [5, 5.41) is 16.2. The molecule has 0 saturated heterocycles. The van der Waals surface area contributed by atoms with E-state index in [4.69, 9.17) is 0 Å². The number of rotatable bonds is 2. The van der Waals surface area contributed by atoms with Crippen LogP contribution < -0.4 is 34.7 Å². The van der Waals surface area contributed by atoms with Gasteiger partial charge < -0.3 is 9.90 Å². The second-order valence-electron chi connectivity index (χ2n) is 2.61. The van der Waals surface area contributed by atoms with E-state index in [0.29, 0.717) is 11.7 Å². The molecule has 12 heavy (non-hydrogen) atoms. The fourth-order valence-corrected chi connectivity index (χ4v) is 0.905. The van der Waals surface area contributed by atoms with Crippen molar-refractivity contribution in [3.8, 4) is 0 Å². The molecule has 1 aromatic rings. The van der Waals surface area contributed by atoms with Gasteiger partial charge in [0.2, 0.25) is 0 Å². The molecule has 2 rings (SSSR count). The Hall–Kier alpha value is -0.390. The third-order valence-electron chi connectivity index (χ3n) is 1.65. The van der Waals surface area contributed by atoms with Gasteiger partial charge in [0, 0.05) is 5.92 Å². The van der Waals surface area contributed by atoms with Crippen LogP contribution in [0.5, 0.6) is 0 Å². The molecule has 1 saturated carbocycles. The molecule has 0 atom stereocenters. The van der Waals surface area contributed by atoms with E-state index < -0.39 is 5.97 Å². The van der Waals surface area contributed by atoms with Crippen LogP contribution in [0, 0.1) is 0 Å². The van der Waals surface area contributed by atoms with Crippen LogP contribution in [-0.2, 0) is 0 Å². The first-order valence-electron chi connectivity index (χ1n) is 3.41. The van der Waals surface area contributed by atoms with Crippen molar-refractivity contribution in [3.05, 3.63) is 11.6 Å². The Bertz CT molecular complexity index is 295. The van der Waals surface area contributed by atoms with Gasteiger partial charge in [-0.15, -0.1) is 0 Å². The first kappa shape index (κ1) is 9.70. The fraction of sp³-hybridized carbons (Fsp3) is 0.500. The molecule has 58 valence electrons. The van der Waals surface area contributed by atoms with Crippen molar-refractivity contribution in [3.63, 3.8) is 0 Å². The minimum Gasteiger partial charge on any atom is -0.541 e. The average molecular weight is 175 g/mol. The summed E-state index contributed by atoms with van der Waals surface area (Å²) in [4.78, 5) is 13.9.